The van der Waals surface area contributed by atoms with Crippen molar-refractivity contribution in [2.45, 2.75) is 18.9 Å². The van der Waals surface area contributed by atoms with Crippen LogP contribution in [0.3, 0.4) is 0 Å². The van der Waals surface area contributed by atoms with Gasteiger partial charge in [-0.15, -0.1) is 0 Å². The Hall–Kier alpha value is -1.36. The van der Waals surface area contributed by atoms with Crippen LogP contribution >= 0.6 is 0 Å². The molecular formula is C10H16N4O. The Balaban J connectivity index is 1.91. The second-order valence-corrected chi connectivity index (χ2v) is 3.94. The summed E-state index contributed by atoms with van der Waals surface area (Å²) in [7, 11) is 1.85. The minimum Gasteiger partial charge on any atom is -0.347 e. The number of nitrogens with zero attached hydrogens (tertiary/aromatic N) is 2. The van der Waals surface area contributed by atoms with Gasteiger partial charge in [0.2, 0.25) is 0 Å². The molecule has 1 aromatic rings. The first-order chi connectivity index (χ1) is 7.25. The normalized spacial score (nSPS) is 21.3. The number of piperidine rings is 1. The van der Waals surface area contributed by atoms with E-state index in [1.807, 2.05) is 7.05 Å². The average Bonchev–Trinajstić information content (AvgIpc) is 2.66. The fraction of sp³-hybridized carbons (Fsp3) is 0.600. The van der Waals surface area contributed by atoms with Crippen molar-refractivity contribution < 1.29 is 4.79 Å². The molecule has 1 aliphatic rings. The van der Waals surface area contributed by atoms with Crippen LogP contribution in [-0.4, -0.2) is 34.6 Å². The first-order valence-corrected chi connectivity index (χ1v) is 5.25. The maximum Gasteiger partial charge on any atom is 0.271 e. The molecule has 0 unspecified atom stereocenters. The van der Waals surface area contributed by atoms with Crippen molar-refractivity contribution in [3.05, 3.63) is 18.2 Å². The lowest BCUT2D eigenvalue weighted by Crippen LogP contribution is -2.45. The van der Waals surface area contributed by atoms with E-state index in [0.717, 1.165) is 25.9 Å². The van der Waals surface area contributed by atoms with Crippen molar-refractivity contribution in [2.75, 3.05) is 13.1 Å². The number of aryl methyl sites for hydroxylation is 1. The average molecular weight is 208 g/mol. The molecule has 2 rings (SSSR count). The molecule has 0 saturated carbocycles. The Labute approximate surface area is 88.9 Å². The van der Waals surface area contributed by atoms with E-state index in [2.05, 4.69) is 15.6 Å². The molecule has 0 aliphatic carbocycles. The number of amides is 1. The van der Waals surface area contributed by atoms with Crippen LogP contribution in [0.1, 0.15) is 23.3 Å². The number of carbonyl (C=O) groups excluding carboxylic acids is 1. The molecule has 0 radical (unpaired) electrons. The monoisotopic (exact) mass is 208 g/mol. The van der Waals surface area contributed by atoms with Crippen LogP contribution in [0.4, 0.5) is 0 Å². The summed E-state index contributed by atoms with van der Waals surface area (Å²) >= 11 is 0. The van der Waals surface area contributed by atoms with Crippen molar-refractivity contribution >= 4 is 5.91 Å². The van der Waals surface area contributed by atoms with E-state index in [4.69, 9.17) is 0 Å². The van der Waals surface area contributed by atoms with Crippen LogP contribution < -0.4 is 10.6 Å². The number of hydrogen-bond donors (Lipinski definition) is 2. The molecule has 1 aliphatic heterocycles. The van der Waals surface area contributed by atoms with Gasteiger partial charge < -0.3 is 15.2 Å². The van der Waals surface area contributed by atoms with Gasteiger partial charge in [-0.2, -0.15) is 0 Å². The number of nitrogens with one attached hydrogen (secondary N) is 2. The van der Waals surface area contributed by atoms with Crippen LogP contribution in [-0.2, 0) is 7.05 Å². The zero-order valence-corrected chi connectivity index (χ0v) is 8.86. The van der Waals surface area contributed by atoms with Crippen molar-refractivity contribution in [1.82, 2.24) is 20.2 Å². The Morgan fingerprint density at radius 1 is 1.73 bits per heavy atom. The van der Waals surface area contributed by atoms with Crippen LogP contribution in [0.2, 0.25) is 0 Å². The lowest BCUT2D eigenvalue weighted by Gasteiger charge is -2.23. The molecule has 2 N–H and O–H groups in total. The quantitative estimate of drug-likeness (QED) is 0.713. The molecule has 1 saturated heterocycles. The fourth-order valence-electron chi connectivity index (χ4n) is 1.76. The van der Waals surface area contributed by atoms with E-state index in [1.165, 1.54) is 0 Å². The molecule has 82 valence electrons. The van der Waals surface area contributed by atoms with E-state index in [-0.39, 0.29) is 11.9 Å². The summed E-state index contributed by atoms with van der Waals surface area (Å²) in [6.45, 7) is 1.91. The highest BCUT2D eigenvalue weighted by atomic mass is 16.2. The van der Waals surface area contributed by atoms with Gasteiger partial charge in [0.05, 0.1) is 6.33 Å². The molecule has 0 bridgehead atoms. The summed E-state index contributed by atoms with van der Waals surface area (Å²) in [5.41, 5.74) is 0.489. The van der Waals surface area contributed by atoms with Crippen LogP contribution in [0.15, 0.2) is 12.5 Å². The van der Waals surface area contributed by atoms with Gasteiger partial charge >= 0.3 is 0 Å². The number of rotatable bonds is 2. The predicted octanol–water partition coefficient (Wildman–Crippen LogP) is -0.0981. The summed E-state index contributed by atoms with van der Waals surface area (Å²) in [6, 6.07) is 0.244. The maximum absolute atomic E-state index is 11.7. The Bertz CT molecular complexity index is 341. The standard InChI is InChI=1S/C10H16N4O/c1-14-6-9(12-7-14)10(15)13-8-3-2-4-11-5-8/h6-8,11H,2-5H2,1H3,(H,13,15)/t8-/m0/s1. The fourth-order valence-corrected chi connectivity index (χ4v) is 1.76. The van der Waals surface area contributed by atoms with Gasteiger partial charge in [0.25, 0.3) is 5.91 Å². The van der Waals surface area contributed by atoms with E-state index < -0.39 is 0 Å². The highest BCUT2D eigenvalue weighted by Gasteiger charge is 2.17. The molecule has 1 aromatic heterocycles. The molecule has 2 heterocycles. The Kier molecular flexibility index (Phi) is 3.01. The van der Waals surface area contributed by atoms with Crippen molar-refractivity contribution in [3.63, 3.8) is 0 Å². The van der Waals surface area contributed by atoms with Gasteiger partial charge in [-0.3, -0.25) is 4.79 Å². The number of imidazole rings is 1. The molecule has 1 atom stereocenters. The Morgan fingerprint density at radius 3 is 3.20 bits per heavy atom. The van der Waals surface area contributed by atoms with Crippen molar-refractivity contribution in [2.24, 2.45) is 7.05 Å². The summed E-state index contributed by atoms with van der Waals surface area (Å²) in [5.74, 6) is -0.0794. The molecule has 5 nitrogen and oxygen atoms in total. The van der Waals surface area contributed by atoms with E-state index in [0.29, 0.717) is 5.69 Å². The van der Waals surface area contributed by atoms with Gasteiger partial charge in [0, 0.05) is 25.8 Å². The summed E-state index contributed by atoms with van der Waals surface area (Å²) in [4.78, 5) is 15.7. The minimum atomic E-state index is -0.0794. The Morgan fingerprint density at radius 2 is 2.60 bits per heavy atom. The van der Waals surface area contributed by atoms with E-state index >= 15 is 0 Å². The highest BCUT2D eigenvalue weighted by molar-refractivity contribution is 5.92. The maximum atomic E-state index is 11.7. The minimum absolute atomic E-state index is 0.0794. The molecule has 0 aromatic carbocycles. The summed E-state index contributed by atoms with van der Waals surface area (Å²) in [5, 5.41) is 6.23. The molecule has 0 spiro atoms. The van der Waals surface area contributed by atoms with Gasteiger partial charge in [-0.1, -0.05) is 0 Å². The molecule has 15 heavy (non-hydrogen) atoms. The number of carbonyl (C=O) groups is 1. The second-order valence-electron chi connectivity index (χ2n) is 3.94. The van der Waals surface area contributed by atoms with Gasteiger partial charge in [-0.05, 0) is 19.4 Å². The smallest absolute Gasteiger partial charge is 0.271 e. The molecular weight excluding hydrogens is 192 g/mol. The number of aromatic nitrogens is 2. The van der Waals surface area contributed by atoms with E-state index in [9.17, 15) is 4.79 Å². The predicted molar refractivity (Wildman–Crippen MR) is 56.6 cm³/mol. The van der Waals surface area contributed by atoms with Gasteiger partial charge in [-0.25, -0.2) is 4.98 Å². The van der Waals surface area contributed by atoms with Crippen LogP contribution in [0.5, 0.6) is 0 Å². The lowest BCUT2D eigenvalue weighted by molar-refractivity contribution is 0.0926. The van der Waals surface area contributed by atoms with Crippen LogP contribution in [0, 0.1) is 0 Å². The highest BCUT2D eigenvalue weighted by Crippen LogP contribution is 2.02. The molecule has 5 heteroatoms. The number of hydrogen-bond acceptors (Lipinski definition) is 3. The third-order valence-corrected chi connectivity index (χ3v) is 2.57. The third kappa shape index (κ3) is 2.56. The third-order valence-electron chi connectivity index (χ3n) is 2.57. The van der Waals surface area contributed by atoms with Crippen LogP contribution in [0.25, 0.3) is 0 Å². The first kappa shape index (κ1) is 10.2. The largest absolute Gasteiger partial charge is 0.347 e. The van der Waals surface area contributed by atoms with Crippen molar-refractivity contribution in [3.8, 4) is 0 Å². The SMILES string of the molecule is Cn1cnc(C(=O)N[C@H]2CCCNC2)c1. The molecule has 1 amide bonds. The van der Waals surface area contributed by atoms with Gasteiger partial charge in [0.15, 0.2) is 0 Å². The lowest BCUT2D eigenvalue weighted by atomic mass is 10.1. The van der Waals surface area contributed by atoms with Gasteiger partial charge in [0.1, 0.15) is 5.69 Å². The van der Waals surface area contributed by atoms with Crippen molar-refractivity contribution in [1.29, 1.82) is 0 Å². The second kappa shape index (κ2) is 4.44. The first-order valence-electron chi connectivity index (χ1n) is 5.25. The zero-order valence-electron chi connectivity index (χ0n) is 8.86. The summed E-state index contributed by atoms with van der Waals surface area (Å²) in [6.07, 6.45) is 5.53. The topological polar surface area (TPSA) is 59.0 Å². The summed E-state index contributed by atoms with van der Waals surface area (Å²) < 4.78 is 1.77. The zero-order chi connectivity index (χ0) is 10.7. The van der Waals surface area contributed by atoms with E-state index in [1.54, 1.807) is 17.1 Å². The molecule has 1 fully saturated rings.